The van der Waals surface area contributed by atoms with Crippen molar-refractivity contribution in [2.45, 2.75) is 24.8 Å². The Bertz CT molecular complexity index is 607. The first kappa shape index (κ1) is 15.1. The summed E-state index contributed by atoms with van der Waals surface area (Å²) >= 11 is 1.82. The van der Waals surface area contributed by atoms with E-state index < -0.39 is 0 Å². The van der Waals surface area contributed by atoms with Crippen LogP contribution in [0.2, 0.25) is 0 Å². The molecule has 0 spiro atoms. The topological polar surface area (TPSA) is 27.6 Å². The van der Waals surface area contributed by atoms with Gasteiger partial charge in [0.2, 0.25) is 0 Å². The third-order valence-corrected chi connectivity index (χ3v) is 5.12. The summed E-state index contributed by atoms with van der Waals surface area (Å²) in [7, 11) is 3.98. The van der Waals surface area contributed by atoms with E-state index in [1.807, 2.05) is 18.4 Å². The summed E-state index contributed by atoms with van der Waals surface area (Å²) < 4.78 is 0. The number of likely N-dealkylation sites (N-methyl/N-ethyl adjacent to an activating group) is 1. The minimum absolute atomic E-state index is 0.519. The fourth-order valence-electron chi connectivity index (χ4n) is 2.77. The van der Waals surface area contributed by atoms with E-state index in [0.717, 1.165) is 18.9 Å². The number of guanidine groups is 1. The number of aliphatic imine (C=N–C) groups is 1. The van der Waals surface area contributed by atoms with Crippen LogP contribution in [0.1, 0.15) is 22.8 Å². The van der Waals surface area contributed by atoms with E-state index in [4.69, 9.17) is 0 Å². The van der Waals surface area contributed by atoms with Crippen molar-refractivity contribution in [3.8, 4) is 0 Å². The van der Waals surface area contributed by atoms with Crippen molar-refractivity contribution in [1.29, 1.82) is 0 Å². The Labute approximate surface area is 136 Å². The van der Waals surface area contributed by atoms with Crippen LogP contribution >= 0.6 is 11.3 Å². The molecule has 116 valence electrons. The zero-order valence-electron chi connectivity index (χ0n) is 13.2. The summed E-state index contributed by atoms with van der Waals surface area (Å²) in [6.07, 6.45) is 2.27. The molecule has 0 aliphatic heterocycles. The molecule has 1 aromatic heterocycles. The van der Waals surface area contributed by atoms with E-state index in [0.29, 0.717) is 12.0 Å². The molecule has 0 bridgehead atoms. The smallest absolute Gasteiger partial charge is 0.193 e. The van der Waals surface area contributed by atoms with Gasteiger partial charge in [-0.05, 0) is 29.9 Å². The molecule has 2 unspecified atom stereocenters. The number of nitrogens with zero attached hydrogens (tertiary/aromatic N) is 2. The highest BCUT2D eigenvalue weighted by Gasteiger charge is 2.39. The second-order valence-corrected chi connectivity index (χ2v) is 6.83. The van der Waals surface area contributed by atoms with E-state index in [-0.39, 0.29) is 0 Å². The lowest BCUT2D eigenvalue weighted by atomic mass is 10.1. The SMILES string of the molecule is CN=C(NC1CC1c1ccccc1)N(C)CCc1cccs1. The third kappa shape index (κ3) is 3.69. The Balaban J connectivity index is 1.50. The van der Waals surface area contributed by atoms with Crippen LogP contribution in [-0.2, 0) is 6.42 Å². The van der Waals surface area contributed by atoms with Gasteiger partial charge in [0, 0.05) is 37.5 Å². The molecule has 0 radical (unpaired) electrons. The molecular formula is C18H23N3S. The van der Waals surface area contributed by atoms with Gasteiger partial charge in [0.05, 0.1) is 0 Å². The molecule has 3 rings (SSSR count). The van der Waals surface area contributed by atoms with E-state index in [1.165, 1.54) is 16.9 Å². The first-order valence-electron chi connectivity index (χ1n) is 7.79. The second kappa shape index (κ2) is 6.97. The highest BCUT2D eigenvalue weighted by Crippen LogP contribution is 2.40. The average molecular weight is 313 g/mol. The maximum atomic E-state index is 4.43. The van der Waals surface area contributed by atoms with Gasteiger partial charge < -0.3 is 10.2 Å². The Morgan fingerprint density at radius 1 is 1.27 bits per heavy atom. The van der Waals surface area contributed by atoms with Crippen LogP contribution in [0.5, 0.6) is 0 Å². The lowest BCUT2D eigenvalue weighted by Gasteiger charge is -2.22. The molecular weight excluding hydrogens is 290 g/mol. The Kier molecular flexibility index (Phi) is 4.78. The standard InChI is InChI=1S/C18H23N3S/c1-19-18(21(2)11-10-15-9-6-12-22-15)20-17-13-16(17)14-7-4-3-5-8-14/h3-9,12,16-17H,10-11,13H2,1-2H3,(H,19,20). The summed E-state index contributed by atoms with van der Waals surface area (Å²) in [4.78, 5) is 8.08. The van der Waals surface area contributed by atoms with Gasteiger partial charge in [-0.25, -0.2) is 0 Å². The van der Waals surface area contributed by atoms with E-state index in [1.54, 1.807) is 0 Å². The van der Waals surface area contributed by atoms with Crippen molar-refractivity contribution in [2.75, 3.05) is 20.6 Å². The highest BCUT2D eigenvalue weighted by molar-refractivity contribution is 7.09. The molecule has 0 amide bonds. The van der Waals surface area contributed by atoms with Gasteiger partial charge >= 0.3 is 0 Å². The predicted octanol–water partition coefficient (Wildman–Crippen LogP) is 3.35. The van der Waals surface area contributed by atoms with Crippen LogP contribution in [-0.4, -0.2) is 37.5 Å². The molecule has 2 aromatic rings. The molecule has 22 heavy (non-hydrogen) atoms. The van der Waals surface area contributed by atoms with Gasteiger partial charge in [-0.1, -0.05) is 36.4 Å². The number of rotatable bonds is 5. The van der Waals surface area contributed by atoms with Gasteiger partial charge in [-0.15, -0.1) is 11.3 Å². The predicted molar refractivity (Wildman–Crippen MR) is 94.7 cm³/mol. The van der Waals surface area contributed by atoms with Crippen molar-refractivity contribution >= 4 is 17.3 Å². The molecule has 1 aliphatic rings. The largest absolute Gasteiger partial charge is 0.353 e. The highest BCUT2D eigenvalue weighted by atomic mass is 32.1. The fourth-order valence-corrected chi connectivity index (χ4v) is 3.47. The van der Waals surface area contributed by atoms with E-state index >= 15 is 0 Å². The quantitative estimate of drug-likeness (QED) is 0.677. The van der Waals surface area contributed by atoms with E-state index in [9.17, 15) is 0 Å². The summed E-state index contributed by atoms with van der Waals surface area (Å²) in [5.41, 5.74) is 1.43. The first-order valence-corrected chi connectivity index (χ1v) is 8.67. The number of hydrogen-bond donors (Lipinski definition) is 1. The second-order valence-electron chi connectivity index (χ2n) is 5.80. The van der Waals surface area contributed by atoms with Gasteiger partial charge in [0.1, 0.15) is 0 Å². The summed E-state index contributed by atoms with van der Waals surface area (Å²) in [5, 5.41) is 5.73. The van der Waals surface area contributed by atoms with Crippen LogP contribution in [0.4, 0.5) is 0 Å². The zero-order valence-corrected chi connectivity index (χ0v) is 14.0. The molecule has 1 fully saturated rings. The molecule has 1 aliphatic carbocycles. The van der Waals surface area contributed by atoms with Gasteiger partial charge in [0.15, 0.2) is 5.96 Å². The first-order chi connectivity index (χ1) is 10.8. The number of benzene rings is 1. The molecule has 1 aromatic carbocycles. The Morgan fingerprint density at radius 3 is 2.77 bits per heavy atom. The van der Waals surface area contributed by atoms with Crippen LogP contribution < -0.4 is 5.32 Å². The molecule has 1 heterocycles. The van der Waals surface area contributed by atoms with Crippen molar-refractivity contribution < 1.29 is 0 Å². The fraction of sp³-hybridized carbons (Fsp3) is 0.389. The van der Waals surface area contributed by atoms with Crippen molar-refractivity contribution in [2.24, 2.45) is 4.99 Å². The molecule has 1 saturated carbocycles. The van der Waals surface area contributed by atoms with Crippen LogP contribution in [0.3, 0.4) is 0 Å². The molecule has 3 nitrogen and oxygen atoms in total. The van der Waals surface area contributed by atoms with Crippen LogP contribution in [0.25, 0.3) is 0 Å². The zero-order chi connectivity index (χ0) is 15.4. The number of hydrogen-bond acceptors (Lipinski definition) is 2. The van der Waals surface area contributed by atoms with Gasteiger partial charge in [0.25, 0.3) is 0 Å². The lowest BCUT2D eigenvalue weighted by Crippen LogP contribution is -2.41. The van der Waals surface area contributed by atoms with Crippen LogP contribution in [0, 0.1) is 0 Å². The minimum Gasteiger partial charge on any atom is -0.353 e. The Morgan fingerprint density at radius 2 is 2.09 bits per heavy atom. The van der Waals surface area contributed by atoms with Crippen LogP contribution in [0.15, 0.2) is 52.8 Å². The molecule has 2 atom stereocenters. The number of nitrogens with one attached hydrogen (secondary N) is 1. The summed E-state index contributed by atoms with van der Waals surface area (Å²) in [6, 6.07) is 15.6. The maximum Gasteiger partial charge on any atom is 0.193 e. The number of thiophene rings is 1. The normalized spacial score (nSPS) is 20.7. The maximum absolute atomic E-state index is 4.43. The molecule has 4 heteroatoms. The third-order valence-electron chi connectivity index (χ3n) is 4.18. The average Bonchev–Trinajstić information content (AvgIpc) is 3.13. The van der Waals surface area contributed by atoms with E-state index in [2.05, 4.69) is 70.1 Å². The molecule has 1 N–H and O–H groups in total. The van der Waals surface area contributed by atoms with Crippen molar-refractivity contribution in [3.63, 3.8) is 0 Å². The van der Waals surface area contributed by atoms with Gasteiger partial charge in [-0.3, -0.25) is 4.99 Å². The van der Waals surface area contributed by atoms with Crippen molar-refractivity contribution in [3.05, 3.63) is 58.3 Å². The lowest BCUT2D eigenvalue weighted by molar-refractivity contribution is 0.485. The minimum atomic E-state index is 0.519. The van der Waals surface area contributed by atoms with Gasteiger partial charge in [-0.2, -0.15) is 0 Å². The summed E-state index contributed by atoms with van der Waals surface area (Å²) in [5.74, 6) is 1.63. The van der Waals surface area contributed by atoms with Crippen molar-refractivity contribution in [1.82, 2.24) is 10.2 Å². The monoisotopic (exact) mass is 313 g/mol. The molecule has 0 saturated heterocycles. The Hall–Kier alpha value is -1.81. The summed E-state index contributed by atoms with van der Waals surface area (Å²) in [6.45, 7) is 0.989.